The fourth-order valence-corrected chi connectivity index (χ4v) is 2.40. The first-order valence-electron chi connectivity index (χ1n) is 6.19. The first-order valence-corrected chi connectivity index (χ1v) is 7.32. The van der Waals surface area contributed by atoms with Gasteiger partial charge in [-0.05, 0) is 19.2 Å². The molecule has 0 aliphatic carbocycles. The molecule has 0 aliphatic heterocycles. The van der Waals surface area contributed by atoms with E-state index in [2.05, 4.69) is 0 Å². The molecule has 0 radical (unpaired) electrons. The summed E-state index contributed by atoms with van der Waals surface area (Å²) < 4.78 is 10.9. The Bertz CT molecular complexity index is 395. The summed E-state index contributed by atoms with van der Waals surface area (Å²) >= 11 is 17.8. The maximum absolute atomic E-state index is 8.74. The number of aliphatic hydroxyl groups is 1. The molecule has 0 heterocycles. The van der Waals surface area contributed by atoms with Gasteiger partial charge >= 0.3 is 0 Å². The number of halogens is 3. The highest BCUT2D eigenvalue weighted by Crippen LogP contribution is 2.35. The Kier molecular flexibility index (Phi) is 8.61. The van der Waals surface area contributed by atoms with E-state index >= 15 is 0 Å². The summed E-state index contributed by atoms with van der Waals surface area (Å²) in [6, 6.07) is 3.16. The van der Waals surface area contributed by atoms with Gasteiger partial charge in [-0.15, -0.1) is 0 Å². The normalized spacial score (nSPS) is 11.1. The van der Waals surface area contributed by atoms with Crippen LogP contribution in [0.3, 0.4) is 0 Å². The predicted octanol–water partition coefficient (Wildman–Crippen LogP) is 2.97. The molecular weight excluding hydrogens is 325 g/mol. The highest BCUT2D eigenvalue weighted by molar-refractivity contribution is 6.40. The molecule has 1 aromatic rings. The Morgan fingerprint density at radius 3 is 2.30 bits per heavy atom. The minimum absolute atomic E-state index is 0.146. The molecule has 0 fully saturated rings. The Morgan fingerprint density at radius 1 is 1.05 bits per heavy atom. The minimum atomic E-state index is 0.146. The Hall–Kier alpha value is -0.230. The second-order valence-electron chi connectivity index (χ2n) is 4.19. The van der Waals surface area contributed by atoms with E-state index in [1.807, 2.05) is 11.9 Å². The number of ether oxygens (including phenoxy) is 2. The molecule has 1 aromatic carbocycles. The fourth-order valence-electron chi connectivity index (χ4n) is 1.47. The summed E-state index contributed by atoms with van der Waals surface area (Å²) in [5.74, 6) is 0.415. The van der Waals surface area contributed by atoms with E-state index < -0.39 is 0 Å². The number of hydrogen-bond acceptors (Lipinski definition) is 4. The summed E-state index contributed by atoms with van der Waals surface area (Å²) in [6.45, 7) is 2.89. The number of rotatable bonds is 9. The summed E-state index contributed by atoms with van der Waals surface area (Å²) in [7, 11) is 1.92. The second kappa shape index (κ2) is 9.66. The fraction of sp³-hybridized carbons (Fsp3) is 0.538. The lowest BCUT2D eigenvalue weighted by Crippen LogP contribution is -2.26. The molecule has 0 atom stereocenters. The van der Waals surface area contributed by atoms with Gasteiger partial charge < -0.3 is 19.5 Å². The van der Waals surface area contributed by atoms with Crippen molar-refractivity contribution in [1.82, 2.24) is 4.90 Å². The topological polar surface area (TPSA) is 41.9 Å². The molecule has 0 amide bonds. The van der Waals surface area contributed by atoms with Crippen LogP contribution in [0, 0.1) is 0 Å². The molecule has 1 rings (SSSR count). The molecule has 20 heavy (non-hydrogen) atoms. The molecule has 0 saturated carbocycles. The third kappa shape index (κ3) is 6.48. The zero-order valence-corrected chi connectivity index (χ0v) is 13.5. The monoisotopic (exact) mass is 341 g/mol. The molecule has 0 saturated heterocycles. The standard InChI is InChI=1S/C13H18Cl3NO3/c1-17(2-4-18)3-5-19-6-7-20-13-11(15)8-10(14)9-12(13)16/h8-9,18H,2-7H2,1H3. The van der Waals surface area contributed by atoms with Crippen LogP contribution in [0.15, 0.2) is 12.1 Å². The van der Waals surface area contributed by atoms with E-state index in [1.165, 1.54) is 0 Å². The summed E-state index contributed by atoms with van der Waals surface area (Å²) in [5.41, 5.74) is 0. The van der Waals surface area contributed by atoms with Gasteiger partial charge in [0.1, 0.15) is 6.61 Å². The van der Waals surface area contributed by atoms with Crippen LogP contribution in [0.1, 0.15) is 0 Å². The van der Waals surface area contributed by atoms with Crippen LogP contribution in [-0.2, 0) is 4.74 Å². The third-order valence-corrected chi connectivity index (χ3v) is 3.32. The van der Waals surface area contributed by atoms with Crippen molar-refractivity contribution >= 4 is 34.8 Å². The number of hydrogen-bond donors (Lipinski definition) is 1. The molecule has 0 bridgehead atoms. The number of likely N-dealkylation sites (N-methyl/N-ethyl adjacent to an activating group) is 1. The van der Waals surface area contributed by atoms with Crippen LogP contribution in [0.25, 0.3) is 0 Å². The zero-order valence-electron chi connectivity index (χ0n) is 11.2. The summed E-state index contributed by atoms with van der Waals surface area (Å²) in [4.78, 5) is 1.98. The van der Waals surface area contributed by atoms with Gasteiger partial charge in [0.2, 0.25) is 0 Å². The van der Waals surface area contributed by atoms with E-state index in [4.69, 9.17) is 49.4 Å². The van der Waals surface area contributed by atoms with Gasteiger partial charge in [0, 0.05) is 18.1 Å². The largest absolute Gasteiger partial charge is 0.488 e. The SMILES string of the molecule is CN(CCO)CCOCCOc1c(Cl)cc(Cl)cc1Cl. The quantitative estimate of drug-likeness (QED) is 0.701. The van der Waals surface area contributed by atoms with Gasteiger partial charge in [-0.25, -0.2) is 0 Å². The van der Waals surface area contributed by atoms with Crippen molar-refractivity contribution in [3.05, 3.63) is 27.2 Å². The molecule has 1 N–H and O–H groups in total. The number of aliphatic hydroxyl groups excluding tert-OH is 1. The predicted molar refractivity (Wildman–Crippen MR) is 82.4 cm³/mol. The first kappa shape index (κ1) is 17.8. The maximum atomic E-state index is 8.74. The summed E-state index contributed by atoms with van der Waals surface area (Å²) in [5, 5.41) is 9.97. The third-order valence-electron chi connectivity index (χ3n) is 2.54. The van der Waals surface area contributed by atoms with Gasteiger partial charge in [0.15, 0.2) is 5.75 Å². The van der Waals surface area contributed by atoms with Crippen LogP contribution in [0.4, 0.5) is 0 Å². The van der Waals surface area contributed by atoms with Crippen LogP contribution in [0.2, 0.25) is 15.1 Å². The summed E-state index contributed by atoms with van der Waals surface area (Å²) in [6.07, 6.45) is 0. The van der Waals surface area contributed by atoms with Gasteiger partial charge in [-0.3, -0.25) is 0 Å². The van der Waals surface area contributed by atoms with E-state index in [0.29, 0.717) is 47.2 Å². The highest BCUT2D eigenvalue weighted by Gasteiger charge is 2.08. The van der Waals surface area contributed by atoms with Crippen LogP contribution >= 0.6 is 34.8 Å². The number of benzene rings is 1. The van der Waals surface area contributed by atoms with Crippen molar-refractivity contribution in [1.29, 1.82) is 0 Å². The van der Waals surface area contributed by atoms with Gasteiger partial charge in [0.25, 0.3) is 0 Å². The molecule has 114 valence electrons. The van der Waals surface area contributed by atoms with E-state index in [1.54, 1.807) is 12.1 Å². The second-order valence-corrected chi connectivity index (χ2v) is 5.44. The molecule has 0 unspecified atom stereocenters. The Morgan fingerprint density at radius 2 is 1.70 bits per heavy atom. The molecule has 0 aromatic heterocycles. The Labute approximate surface area is 134 Å². The van der Waals surface area contributed by atoms with E-state index in [9.17, 15) is 0 Å². The lowest BCUT2D eigenvalue weighted by atomic mass is 10.3. The van der Waals surface area contributed by atoms with Crippen molar-refractivity contribution in [3.63, 3.8) is 0 Å². The van der Waals surface area contributed by atoms with E-state index in [0.717, 1.165) is 6.54 Å². The van der Waals surface area contributed by atoms with E-state index in [-0.39, 0.29) is 6.61 Å². The Balaban J connectivity index is 2.22. The van der Waals surface area contributed by atoms with Crippen molar-refractivity contribution in [2.24, 2.45) is 0 Å². The lowest BCUT2D eigenvalue weighted by Gasteiger charge is -2.15. The van der Waals surface area contributed by atoms with Gasteiger partial charge in [0.05, 0.1) is 29.9 Å². The zero-order chi connectivity index (χ0) is 15.0. The highest BCUT2D eigenvalue weighted by atomic mass is 35.5. The number of nitrogens with zero attached hydrogens (tertiary/aromatic N) is 1. The first-order chi connectivity index (χ1) is 9.54. The smallest absolute Gasteiger partial charge is 0.156 e. The average molecular weight is 343 g/mol. The average Bonchev–Trinajstić information content (AvgIpc) is 2.36. The lowest BCUT2D eigenvalue weighted by molar-refractivity contribution is 0.0813. The van der Waals surface area contributed by atoms with Crippen LogP contribution in [-0.4, -0.2) is 56.6 Å². The minimum Gasteiger partial charge on any atom is -0.488 e. The molecule has 7 heteroatoms. The molecular formula is C13H18Cl3NO3. The van der Waals surface area contributed by atoms with Crippen molar-refractivity contribution in [2.45, 2.75) is 0 Å². The van der Waals surface area contributed by atoms with Gasteiger partial charge in [-0.2, -0.15) is 0 Å². The van der Waals surface area contributed by atoms with Crippen molar-refractivity contribution < 1.29 is 14.6 Å². The molecule has 0 spiro atoms. The van der Waals surface area contributed by atoms with Crippen molar-refractivity contribution in [3.8, 4) is 5.75 Å². The van der Waals surface area contributed by atoms with Crippen LogP contribution in [0.5, 0.6) is 5.75 Å². The maximum Gasteiger partial charge on any atom is 0.156 e. The molecule has 0 aliphatic rings. The van der Waals surface area contributed by atoms with Crippen molar-refractivity contribution in [2.75, 3.05) is 46.6 Å². The van der Waals surface area contributed by atoms with Gasteiger partial charge in [-0.1, -0.05) is 34.8 Å². The molecule has 4 nitrogen and oxygen atoms in total. The van der Waals surface area contributed by atoms with Crippen LogP contribution < -0.4 is 4.74 Å².